The molecule has 0 bridgehead atoms. The van der Waals surface area contributed by atoms with E-state index in [0.717, 1.165) is 4.47 Å². The van der Waals surface area contributed by atoms with E-state index in [9.17, 15) is 0 Å². The highest BCUT2D eigenvalue weighted by molar-refractivity contribution is 9.13. The molecule has 1 aromatic heterocycles. The molecule has 0 unspecified atom stereocenters. The van der Waals surface area contributed by atoms with Gasteiger partial charge in [0.25, 0.3) is 0 Å². The molecule has 0 saturated carbocycles. The Morgan fingerprint density at radius 2 is 2.20 bits per heavy atom. The molecule has 0 fully saturated rings. The van der Waals surface area contributed by atoms with Crippen LogP contribution in [0.2, 0.25) is 5.15 Å². The van der Waals surface area contributed by atoms with E-state index in [2.05, 4.69) is 43.5 Å². The van der Waals surface area contributed by atoms with E-state index in [0.29, 0.717) is 9.76 Å². The van der Waals surface area contributed by atoms with Crippen LogP contribution in [0.1, 0.15) is 0 Å². The highest BCUT2D eigenvalue weighted by Gasteiger charge is 2.08. The fourth-order valence-corrected chi connectivity index (χ4v) is 1.42. The van der Waals surface area contributed by atoms with Crippen LogP contribution in [0.4, 0.5) is 0 Å². The molecule has 10 heavy (non-hydrogen) atoms. The van der Waals surface area contributed by atoms with Gasteiger partial charge in [0.05, 0.1) is 4.47 Å². The molecule has 0 aliphatic rings. The minimum atomic E-state index is 0.516. The number of aromatic nitrogens is 2. The smallest absolute Gasteiger partial charge is 0.147 e. The van der Waals surface area contributed by atoms with E-state index in [1.807, 2.05) is 0 Å². The third-order valence-electron chi connectivity index (χ3n) is 0.932. The lowest BCUT2D eigenvalue weighted by atomic mass is 10.7. The van der Waals surface area contributed by atoms with Crippen molar-refractivity contribution < 1.29 is 0 Å². The summed E-state index contributed by atoms with van der Waals surface area (Å²) in [5, 5.41) is 4.48. The zero-order valence-corrected chi connectivity index (χ0v) is 8.74. The van der Waals surface area contributed by atoms with Gasteiger partial charge in [-0.2, -0.15) is 5.10 Å². The van der Waals surface area contributed by atoms with Gasteiger partial charge in [-0.1, -0.05) is 18.2 Å². The Morgan fingerprint density at radius 3 is 2.40 bits per heavy atom. The first-order valence-corrected chi connectivity index (χ1v) is 4.34. The predicted molar refractivity (Wildman–Crippen MR) is 49.0 cm³/mol. The highest BCUT2D eigenvalue weighted by atomic mass is 79.9. The molecule has 5 heteroatoms. The van der Waals surface area contributed by atoms with Crippen LogP contribution in [-0.2, 0) is 0 Å². The van der Waals surface area contributed by atoms with Gasteiger partial charge in [-0.3, -0.25) is 0 Å². The minimum absolute atomic E-state index is 0.516. The fourth-order valence-electron chi connectivity index (χ4n) is 0.489. The summed E-state index contributed by atoms with van der Waals surface area (Å²) in [6.45, 7) is 3.52. The summed E-state index contributed by atoms with van der Waals surface area (Å²) in [6, 6.07) is 0. The molecule has 0 radical (unpaired) electrons. The monoisotopic (exact) mass is 284 g/mol. The topological polar surface area (TPSA) is 17.8 Å². The Balaban J connectivity index is 3.30. The van der Waals surface area contributed by atoms with E-state index >= 15 is 0 Å². The lowest BCUT2D eigenvalue weighted by Crippen LogP contribution is -1.85. The average Bonchev–Trinajstić information content (AvgIpc) is 2.17. The molecule has 2 nitrogen and oxygen atoms in total. The Morgan fingerprint density at radius 1 is 1.60 bits per heavy atom. The Hall–Kier alpha value is 0.200. The lowest BCUT2D eigenvalue weighted by Gasteiger charge is -1.88. The van der Waals surface area contributed by atoms with E-state index < -0.39 is 0 Å². The van der Waals surface area contributed by atoms with Crippen LogP contribution in [0, 0.1) is 0 Å². The Bertz CT molecular complexity index is 269. The summed E-state index contributed by atoms with van der Waals surface area (Å²) < 4.78 is 2.89. The van der Waals surface area contributed by atoms with Crippen molar-refractivity contribution in [2.24, 2.45) is 0 Å². The number of nitrogens with zero attached hydrogens (tertiary/aromatic N) is 2. The fraction of sp³-hybridized carbons (Fsp3) is 0. The highest BCUT2D eigenvalue weighted by Crippen LogP contribution is 2.29. The quantitative estimate of drug-likeness (QED) is 0.775. The lowest BCUT2D eigenvalue weighted by molar-refractivity contribution is 0.925. The van der Waals surface area contributed by atoms with Crippen molar-refractivity contribution in [3.05, 3.63) is 20.8 Å². The van der Waals surface area contributed by atoms with Gasteiger partial charge < -0.3 is 0 Å². The standard InChI is InChI=1S/C5H3Br2ClN2/c1-2-10-5(8)3(6)4(7)9-10/h2H,1H2. The normalized spacial score (nSPS) is 9.90. The average molecular weight is 286 g/mol. The third-order valence-corrected chi connectivity index (χ3v) is 3.36. The van der Waals surface area contributed by atoms with Gasteiger partial charge in [0.15, 0.2) is 0 Å². The first-order chi connectivity index (χ1) is 4.66. The second kappa shape index (κ2) is 3.07. The van der Waals surface area contributed by atoms with Crippen molar-refractivity contribution in [1.29, 1.82) is 0 Å². The second-order valence-electron chi connectivity index (χ2n) is 1.52. The molecule has 0 aliphatic heterocycles. The summed E-state index contributed by atoms with van der Waals surface area (Å²) in [4.78, 5) is 0. The molecule has 54 valence electrons. The van der Waals surface area contributed by atoms with Crippen LogP contribution in [-0.4, -0.2) is 9.78 Å². The van der Waals surface area contributed by atoms with Crippen LogP contribution in [0.3, 0.4) is 0 Å². The maximum atomic E-state index is 5.77. The van der Waals surface area contributed by atoms with Crippen LogP contribution < -0.4 is 0 Å². The number of hydrogen-bond acceptors (Lipinski definition) is 1. The molecule has 0 amide bonds. The van der Waals surface area contributed by atoms with E-state index in [1.54, 1.807) is 0 Å². The molecule has 0 saturated heterocycles. The van der Waals surface area contributed by atoms with Crippen LogP contribution in [0.15, 0.2) is 15.7 Å². The molecular formula is C5H3Br2ClN2. The van der Waals surface area contributed by atoms with Gasteiger partial charge >= 0.3 is 0 Å². The summed E-state index contributed by atoms with van der Waals surface area (Å²) >= 11 is 12.2. The van der Waals surface area contributed by atoms with Crippen LogP contribution in [0.5, 0.6) is 0 Å². The molecule has 1 heterocycles. The SMILES string of the molecule is C=Cn1nc(Br)c(Br)c1Cl. The molecule has 1 aromatic rings. The van der Waals surface area contributed by atoms with Gasteiger partial charge in [0.1, 0.15) is 9.76 Å². The largest absolute Gasteiger partial charge is 0.228 e. The van der Waals surface area contributed by atoms with Crippen LogP contribution in [0.25, 0.3) is 6.20 Å². The predicted octanol–water partition coefficient (Wildman–Crippen LogP) is 3.16. The van der Waals surface area contributed by atoms with Gasteiger partial charge in [-0.25, -0.2) is 4.68 Å². The zero-order chi connectivity index (χ0) is 7.72. The molecule has 0 N–H and O–H groups in total. The maximum absolute atomic E-state index is 5.77. The van der Waals surface area contributed by atoms with Crippen molar-refractivity contribution >= 4 is 49.7 Å². The van der Waals surface area contributed by atoms with Gasteiger partial charge in [-0.15, -0.1) is 0 Å². The summed E-state index contributed by atoms with van der Waals surface area (Å²) in [7, 11) is 0. The summed E-state index contributed by atoms with van der Waals surface area (Å²) in [6.07, 6.45) is 1.53. The molecule has 0 atom stereocenters. The van der Waals surface area contributed by atoms with Gasteiger partial charge in [0.2, 0.25) is 0 Å². The summed E-state index contributed by atoms with van der Waals surface area (Å²) in [5.41, 5.74) is 0. The molecule has 0 spiro atoms. The second-order valence-corrected chi connectivity index (χ2v) is 3.42. The first-order valence-electron chi connectivity index (χ1n) is 2.38. The van der Waals surface area contributed by atoms with Crippen molar-refractivity contribution in [1.82, 2.24) is 9.78 Å². The van der Waals surface area contributed by atoms with Gasteiger partial charge in [0, 0.05) is 6.20 Å². The molecule has 0 aliphatic carbocycles. The van der Waals surface area contributed by atoms with Crippen LogP contribution >= 0.6 is 43.5 Å². The van der Waals surface area contributed by atoms with Crippen molar-refractivity contribution in [2.45, 2.75) is 0 Å². The number of hydrogen-bond donors (Lipinski definition) is 0. The number of halogens is 3. The number of rotatable bonds is 1. The van der Waals surface area contributed by atoms with E-state index in [-0.39, 0.29) is 0 Å². The third kappa shape index (κ3) is 1.28. The van der Waals surface area contributed by atoms with Gasteiger partial charge in [-0.05, 0) is 31.9 Å². The van der Waals surface area contributed by atoms with Crippen molar-refractivity contribution in [2.75, 3.05) is 0 Å². The molecule has 1 rings (SSSR count). The van der Waals surface area contributed by atoms with E-state index in [1.165, 1.54) is 10.9 Å². The van der Waals surface area contributed by atoms with Crippen molar-refractivity contribution in [3.63, 3.8) is 0 Å². The van der Waals surface area contributed by atoms with E-state index in [4.69, 9.17) is 11.6 Å². The Labute approximate surface area is 80.1 Å². The summed E-state index contributed by atoms with van der Waals surface area (Å²) in [5.74, 6) is 0. The molecule has 0 aromatic carbocycles. The maximum Gasteiger partial charge on any atom is 0.147 e. The zero-order valence-electron chi connectivity index (χ0n) is 4.81. The Kier molecular flexibility index (Phi) is 2.55. The molecular weight excluding hydrogens is 283 g/mol. The first kappa shape index (κ1) is 8.30. The van der Waals surface area contributed by atoms with Crippen molar-refractivity contribution in [3.8, 4) is 0 Å². The minimum Gasteiger partial charge on any atom is -0.228 e.